The molecule has 2 fully saturated rings. The molecule has 0 aromatic rings. The topological polar surface area (TPSA) is 47.7 Å². The van der Waals surface area contributed by atoms with Gasteiger partial charge >= 0.3 is 0 Å². The summed E-state index contributed by atoms with van der Waals surface area (Å²) in [6.07, 6.45) is 5.09. The number of methoxy groups -OCH3 is 2. The van der Waals surface area contributed by atoms with E-state index in [0.29, 0.717) is 0 Å². The fourth-order valence-electron chi connectivity index (χ4n) is 3.47. The molecular weight excluding hydrogens is 228 g/mol. The molecule has 2 aliphatic rings. The highest BCUT2D eigenvalue weighted by molar-refractivity contribution is 5.04. The predicted octanol–water partition coefficient (Wildman–Crippen LogP) is 1.10. The van der Waals surface area contributed by atoms with Crippen molar-refractivity contribution in [3.05, 3.63) is 0 Å². The summed E-state index contributed by atoms with van der Waals surface area (Å²) in [5.41, 5.74) is 6.22. The minimum absolute atomic E-state index is 0.104. The van der Waals surface area contributed by atoms with Gasteiger partial charge in [-0.3, -0.25) is 4.90 Å². The fourth-order valence-corrected chi connectivity index (χ4v) is 3.47. The third-order valence-corrected chi connectivity index (χ3v) is 4.73. The van der Waals surface area contributed by atoms with Crippen LogP contribution >= 0.6 is 0 Å². The van der Waals surface area contributed by atoms with Crippen LogP contribution in [0.3, 0.4) is 0 Å². The Kier molecular flexibility index (Phi) is 5.01. The highest BCUT2D eigenvalue weighted by Crippen LogP contribution is 2.44. The molecule has 2 N–H and O–H groups in total. The monoisotopic (exact) mass is 256 g/mol. The highest BCUT2D eigenvalue weighted by atomic mass is 16.5. The molecule has 1 aliphatic heterocycles. The number of hydrogen-bond acceptors (Lipinski definition) is 4. The van der Waals surface area contributed by atoms with Crippen LogP contribution < -0.4 is 5.73 Å². The quantitative estimate of drug-likeness (QED) is 0.741. The van der Waals surface area contributed by atoms with Crippen LogP contribution in [0.4, 0.5) is 0 Å². The molecule has 4 heteroatoms. The second kappa shape index (κ2) is 6.33. The number of nitrogens with two attached hydrogens (primary N) is 1. The van der Waals surface area contributed by atoms with Gasteiger partial charge in [0.25, 0.3) is 0 Å². The van der Waals surface area contributed by atoms with Gasteiger partial charge in [-0.15, -0.1) is 0 Å². The molecule has 4 nitrogen and oxygen atoms in total. The summed E-state index contributed by atoms with van der Waals surface area (Å²) in [6.45, 7) is 4.69. The van der Waals surface area contributed by atoms with Crippen molar-refractivity contribution in [1.29, 1.82) is 0 Å². The van der Waals surface area contributed by atoms with Crippen molar-refractivity contribution in [2.45, 2.75) is 31.2 Å². The van der Waals surface area contributed by atoms with E-state index in [1.165, 1.54) is 25.7 Å². The maximum Gasteiger partial charge on any atom is 0.0661 e. The second-order valence-corrected chi connectivity index (χ2v) is 5.90. The second-order valence-electron chi connectivity index (χ2n) is 5.90. The van der Waals surface area contributed by atoms with Gasteiger partial charge in [0.2, 0.25) is 0 Å². The summed E-state index contributed by atoms with van der Waals surface area (Å²) in [7, 11) is 3.59. The molecule has 0 spiro atoms. The van der Waals surface area contributed by atoms with Crippen LogP contribution in [0.15, 0.2) is 0 Å². The van der Waals surface area contributed by atoms with E-state index in [0.717, 1.165) is 44.7 Å². The van der Waals surface area contributed by atoms with Crippen LogP contribution in [0.25, 0.3) is 0 Å². The average molecular weight is 256 g/mol. The molecule has 0 bridgehead atoms. The lowest BCUT2D eigenvalue weighted by atomic mass is 9.87. The summed E-state index contributed by atoms with van der Waals surface area (Å²) in [6, 6.07) is 0. The normalized spacial score (nSPS) is 26.2. The molecule has 1 atom stereocenters. The number of rotatable bonds is 7. The van der Waals surface area contributed by atoms with Crippen molar-refractivity contribution in [3.8, 4) is 0 Å². The Morgan fingerprint density at radius 3 is 2.22 bits per heavy atom. The molecule has 18 heavy (non-hydrogen) atoms. The van der Waals surface area contributed by atoms with Gasteiger partial charge in [0, 0.05) is 27.4 Å². The van der Waals surface area contributed by atoms with Crippen LogP contribution in [0, 0.1) is 11.8 Å². The first kappa shape index (κ1) is 14.3. The third-order valence-electron chi connectivity index (χ3n) is 4.73. The molecule has 0 aromatic heterocycles. The van der Waals surface area contributed by atoms with Crippen molar-refractivity contribution < 1.29 is 9.47 Å². The zero-order chi connectivity index (χ0) is 13.0. The number of piperidine rings is 1. The zero-order valence-corrected chi connectivity index (χ0v) is 11.9. The Labute approximate surface area is 111 Å². The van der Waals surface area contributed by atoms with Gasteiger partial charge in [-0.05, 0) is 50.6 Å². The van der Waals surface area contributed by atoms with E-state index < -0.39 is 0 Å². The Morgan fingerprint density at radius 1 is 1.11 bits per heavy atom. The molecule has 1 unspecified atom stereocenters. The van der Waals surface area contributed by atoms with Crippen LogP contribution in [0.5, 0.6) is 0 Å². The molecule has 0 amide bonds. The van der Waals surface area contributed by atoms with Crippen LogP contribution in [0.2, 0.25) is 0 Å². The first-order valence-electron chi connectivity index (χ1n) is 7.20. The summed E-state index contributed by atoms with van der Waals surface area (Å²) in [5.74, 6) is 1.48. The van der Waals surface area contributed by atoms with E-state index in [9.17, 15) is 0 Å². The van der Waals surface area contributed by atoms with Crippen molar-refractivity contribution in [1.82, 2.24) is 4.90 Å². The van der Waals surface area contributed by atoms with Gasteiger partial charge in [-0.25, -0.2) is 0 Å². The Bertz CT molecular complexity index is 250. The van der Waals surface area contributed by atoms with E-state index in [2.05, 4.69) is 4.90 Å². The Balaban J connectivity index is 1.95. The standard InChI is InChI=1S/C14H28N2O2/c1-17-9-12-5-7-16(8-6-12)14(10-15,11-18-2)13-3-4-13/h12-13H,3-11,15H2,1-2H3. The van der Waals surface area contributed by atoms with E-state index in [1.54, 1.807) is 14.2 Å². The lowest BCUT2D eigenvalue weighted by Crippen LogP contribution is -2.60. The van der Waals surface area contributed by atoms with Gasteiger partial charge in [-0.1, -0.05) is 0 Å². The molecule has 1 saturated carbocycles. The molecular formula is C14H28N2O2. The number of likely N-dealkylation sites (tertiary alicyclic amines) is 1. The maximum absolute atomic E-state index is 6.11. The van der Waals surface area contributed by atoms with Crippen LogP contribution in [-0.2, 0) is 9.47 Å². The van der Waals surface area contributed by atoms with Gasteiger partial charge in [0.1, 0.15) is 0 Å². The van der Waals surface area contributed by atoms with E-state index in [4.69, 9.17) is 15.2 Å². The van der Waals surface area contributed by atoms with E-state index in [1.807, 2.05) is 0 Å². The first-order chi connectivity index (χ1) is 8.76. The molecule has 1 saturated heterocycles. The maximum atomic E-state index is 6.11. The molecule has 2 rings (SSSR count). The van der Waals surface area contributed by atoms with Gasteiger partial charge in [0.15, 0.2) is 0 Å². The molecule has 1 heterocycles. The van der Waals surface area contributed by atoms with Gasteiger partial charge in [-0.2, -0.15) is 0 Å². The largest absolute Gasteiger partial charge is 0.384 e. The molecule has 1 aliphatic carbocycles. The van der Waals surface area contributed by atoms with Crippen LogP contribution in [0.1, 0.15) is 25.7 Å². The predicted molar refractivity (Wildman–Crippen MR) is 72.6 cm³/mol. The lowest BCUT2D eigenvalue weighted by molar-refractivity contribution is -0.0258. The third kappa shape index (κ3) is 2.87. The highest BCUT2D eigenvalue weighted by Gasteiger charge is 2.48. The van der Waals surface area contributed by atoms with Crippen molar-refractivity contribution in [2.24, 2.45) is 17.6 Å². The van der Waals surface area contributed by atoms with Crippen molar-refractivity contribution in [3.63, 3.8) is 0 Å². The van der Waals surface area contributed by atoms with E-state index in [-0.39, 0.29) is 5.54 Å². The van der Waals surface area contributed by atoms with Gasteiger partial charge in [0.05, 0.1) is 12.1 Å². The summed E-state index contributed by atoms with van der Waals surface area (Å²) >= 11 is 0. The number of hydrogen-bond donors (Lipinski definition) is 1. The van der Waals surface area contributed by atoms with E-state index >= 15 is 0 Å². The lowest BCUT2D eigenvalue weighted by Gasteiger charge is -2.46. The number of nitrogens with zero attached hydrogens (tertiary/aromatic N) is 1. The van der Waals surface area contributed by atoms with Crippen molar-refractivity contribution in [2.75, 3.05) is 47.1 Å². The SMILES string of the molecule is COCC1CCN(C(CN)(COC)C2CC2)CC1. The summed E-state index contributed by atoms with van der Waals surface area (Å²) < 4.78 is 10.7. The zero-order valence-electron chi connectivity index (χ0n) is 11.9. The fraction of sp³-hybridized carbons (Fsp3) is 1.00. The van der Waals surface area contributed by atoms with Crippen molar-refractivity contribution >= 4 is 0 Å². The summed E-state index contributed by atoms with van der Waals surface area (Å²) in [4.78, 5) is 2.60. The molecule has 0 aromatic carbocycles. The smallest absolute Gasteiger partial charge is 0.0661 e. The average Bonchev–Trinajstić information content (AvgIpc) is 3.22. The minimum atomic E-state index is 0.104. The Hall–Kier alpha value is -0.160. The first-order valence-corrected chi connectivity index (χ1v) is 7.20. The van der Waals surface area contributed by atoms with Gasteiger partial charge < -0.3 is 15.2 Å². The molecule has 0 radical (unpaired) electrons. The summed E-state index contributed by atoms with van der Waals surface area (Å²) in [5, 5.41) is 0. The molecule has 106 valence electrons. The number of ether oxygens (including phenoxy) is 2. The minimum Gasteiger partial charge on any atom is -0.384 e. The Morgan fingerprint density at radius 2 is 1.78 bits per heavy atom. The van der Waals surface area contributed by atoms with Crippen LogP contribution in [-0.4, -0.2) is 57.5 Å².